The molecule has 6 heteroatoms. The van der Waals surface area contributed by atoms with Crippen LogP contribution in [0.25, 0.3) is 0 Å². The molecule has 1 unspecified atom stereocenters. The van der Waals surface area contributed by atoms with E-state index < -0.39 is 0 Å². The lowest BCUT2D eigenvalue weighted by molar-refractivity contribution is 0.0984. The van der Waals surface area contributed by atoms with Crippen molar-refractivity contribution in [3.05, 3.63) is 0 Å². The minimum absolute atomic E-state index is 0.192. The first-order chi connectivity index (χ1) is 10.1. The van der Waals surface area contributed by atoms with E-state index in [1.54, 1.807) is 0 Å². The van der Waals surface area contributed by atoms with Gasteiger partial charge in [0.1, 0.15) is 0 Å². The molecule has 2 fully saturated rings. The number of thiocarbonyl (C=S) groups is 1. The zero-order chi connectivity index (χ0) is 15.2. The molecule has 5 nitrogen and oxygen atoms in total. The molecule has 2 aliphatic rings. The molecule has 0 aliphatic carbocycles. The van der Waals surface area contributed by atoms with Crippen molar-refractivity contribution in [1.29, 1.82) is 0 Å². The highest BCUT2D eigenvalue weighted by Gasteiger charge is 2.29. The first-order valence-corrected chi connectivity index (χ1v) is 8.61. The fourth-order valence-electron chi connectivity index (χ4n) is 3.29. The first kappa shape index (κ1) is 16.5. The number of hydrogen-bond acceptors (Lipinski definition) is 3. The number of carbonyl (C=O) groups excluding carboxylic acids is 1. The molecule has 0 aromatic rings. The van der Waals surface area contributed by atoms with Gasteiger partial charge in [0.25, 0.3) is 0 Å². The number of nitrogens with two attached hydrogens (primary N) is 1. The van der Waals surface area contributed by atoms with E-state index in [9.17, 15) is 4.79 Å². The van der Waals surface area contributed by atoms with E-state index in [2.05, 4.69) is 11.8 Å². The molecule has 2 aliphatic heterocycles. The van der Waals surface area contributed by atoms with Crippen molar-refractivity contribution in [2.75, 3.05) is 39.3 Å². The molecule has 0 spiro atoms. The van der Waals surface area contributed by atoms with Crippen molar-refractivity contribution >= 4 is 23.2 Å². The average Bonchev–Trinajstić information content (AvgIpc) is 2.53. The van der Waals surface area contributed by atoms with Crippen molar-refractivity contribution < 1.29 is 4.79 Å². The third-order valence-corrected chi connectivity index (χ3v) is 4.81. The van der Waals surface area contributed by atoms with Gasteiger partial charge in [0.15, 0.2) is 0 Å². The van der Waals surface area contributed by atoms with Gasteiger partial charge in [-0.05, 0) is 25.7 Å². The number of carbonyl (C=O) groups is 1. The monoisotopic (exact) mass is 312 g/mol. The van der Waals surface area contributed by atoms with Crippen molar-refractivity contribution in [3.8, 4) is 0 Å². The standard InChI is InChI=1S/C15H28N4OS/c1-2-6-13(14(16)21)17-9-11-19(12-10-17)15(20)18-7-4-3-5-8-18/h13H,2-12H2,1H3,(H2,16,21). The number of amides is 2. The van der Waals surface area contributed by atoms with Crippen LogP contribution in [0, 0.1) is 0 Å². The molecule has 120 valence electrons. The summed E-state index contributed by atoms with van der Waals surface area (Å²) in [6.45, 7) is 7.33. The Labute approximate surface area is 133 Å². The largest absolute Gasteiger partial charge is 0.392 e. The molecule has 0 saturated carbocycles. The molecule has 2 heterocycles. The van der Waals surface area contributed by atoms with Gasteiger partial charge in [0, 0.05) is 39.3 Å². The van der Waals surface area contributed by atoms with Gasteiger partial charge < -0.3 is 15.5 Å². The van der Waals surface area contributed by atoms with Crippen LogP contribution in [0.1, 0.15) is 39.0 Å². The summed E-state index contributed by atoms with van der Waals surface area (Å²) in [6.07, 6.45) is 5.63. The highest BCUT2D eigenvalue weighted by atomic mass is 32.1. The van der Waals surface area contributed by atoms with Gasteiger partial charge in [0.2, 0.25) is 0 Å². The summed E-state index contributed by atoms with van der Waals surface area (Å²) >= 11 is 5.19. The molecular weight excluding hydrogens is 284 g/mol. The van der Waals surface area contributed by atoms with E-state index in [1.165, 1.54) is 6.42 Å². The minimum Gasteiger partial charge on any atom is -0.392 e. The Morgan fingerprint density at radius 3 is 2.14 bits per heavy atom. The fraction of sp³-hybridized carbons (Fsp3) is 0.867. The Morgan fingerprint density at radius 2 is 1.62 bits per heavy atom. The number of hydrogen-bond donors (Lipinski definition) is 1. The highest BCUT2D eigenvalue weighted by molar-refractivity contribution is 7.80. The summed E-state index contributed by atoms with van der Waals surface area (Å²) < 4.78 is 0. The summed E-state index contributed by atoms with van der Waals surface area (Å²) in [5.74, 6) is 0. The highest BCUT2D eigenvalue weighted by Crippen LogP contribution is 2.15. The maximum Gasteiger partial charge on any atom is 0.320 e. The molecule has 0 radical (unpaired) electrons. The van der Waals surface area contributed by atoms with Crippen LogP contribution in [-0.2, 0) is 0 Å². The van der Waals surface area contributed by atoms with Crippen LogP contribution < -0.4 is 5.73 Å². The van der Waals surface area contributed by atoms with Crippen LogP contribution in [-0.4, -0.2) is 71.0 Å². The second-order valence-corrected chi connectivity index (χ2v) is 6.53. The van der Waals surface area contributed by atoms with Gasteiger partial charge in [-0.15, -0.1) is 0 Å². The normalized spacial score (nSPS) is 22.1. The molecule has 1 atom stereocenters. The Balaban J connectivity index is 1.84. The average molecular weight is 312 g/mol. The Morgan fingerprint density at radius 1 is 1.05 bits per heavy atom. The van der Waals surface area contributed by atoms with Crippen molar-refractivity contribution in [2.24, 2.45) is 5.73 Å². The number of piperidine rings is 1. The van der Waals surface area contributed by atoms with Gasteiger partial charge in [-0.1, -0.05) is 25.6 Å². The van der Waals surface area contributed by atoms with Gasteiger partial charge in [-0.3, -0.25) is 4.90 Å². The summed E-state index contributed by atoms with van der Waals surface area (Å²) in [6, 6.07) is 0.411. The van der Waals surface area contributed by atoms with E-state index >= 15 is 0 Å². The van der Waals surface area contributed by atoms with Gasteiger partial charge in [-0.25, -0.2) is 4.79 Å². The predicted molar refractivity (Wildman–Crippen MR) is 89.4 cm³/mol. The van der Waals surface area contributed by atoms with Crippen molar-refractivity contribution in [2.45, 2.75) is 45.1 Å². The lowest BCUT2D eigenvalue weighted by atomic mass is 10.1. The van der Waals surface area contributed by atoms with E-state index in [0.29, 0.717) is 4.99 Å². The number of likely N-dealkylation sites (tertiary alicyclic amines) is 1. The van der Waals surface area contributed by atoms with Crippen LogP contribution in [0.2, 0.25) is 0 Å². The summed E-state index contributed by atoms with van der Waals surface area (Å²) in [7, 11) is 0. The third-order valence-electron chi connectivity index (χ3n) is 4.54. The molecule has 2 saturated heterocycles. The second-order valence-electron chi connectivity index (χ2n) is 6.06. The molecule has 0 bridgehead atoms. The lowest BCUT2D eigenvalue weighted by Crippen LogP contribution is -2.57. The molecule has 2 amide bonds. The minimum atomic E-state index is 0.192. The quantitative estimate of drug-likeness (QED) is 0.802. The third kappa shape index (κ3) is 4.30. The number of piperazine rings is 1. The van der Waals surface area contributed by atoms with E-state index in [4.69, 9.17) is 18.0 Å². The fourth-order valence-corrected chi connectivity index (χ4v) is 3.56. The molecule has 0 aromatic heterocycles. The zero-order valence-electron chi connectivity index (χ0n) is 13.1. The number of urea groups is 1. The number of rotatable bonds is 4. The molecule has 2 N–H and O–H groups in total. The zero-order valence-corrected chi connectivity index (χ0v) is 13.9. The molecular formula is C15H28N4OS. The van der Waals surface area contributed by atoms with Gasteiger partial charge in [0.05, 0.1) is 11.0 Å². The van der Waals surface area contributed by atoms with Gasteiger partial charge >= 0.3 is 6.03 Å². The Bertz CT molecular complexity index is 363. The van der Waals surface area contributed by atoms with Crippen LogP contribution in [0.3, 0.4) is 0 Å². The van der Waals surface area contributed by atoms with E-state index in [0.717, 1.165) is 65.0 Å². The summed E-state index contributed by atoms with van der Waals surface area (Å²) in [5, 5.41) is 0. The topological polar surface area (TPSA) is 52.8 Å². The molecule has 21 heavy (non-hydrogen) atoms. The Hall–Kier alpha value is -0.880. The second kappa shape index (κ2) is 7.94. The number of nitrogens with zero attached hydrogens (tertiary/aromatic N) is 3. The van der Waals surface area contributed by atoms with Crippen molar-refractivity contribution in [3.63, 3.8) is 0 Å². The first-order valence-electron chi connectivity index (χ1n) is 8.20. The maximum atomic E-state index is 12.5. The Kier molecular flexibility index (Phi) is 6.23. The molecule has 2 rings (SSSR count). The summed E-state index contributed by atoms with van der Waals surface area (Å²) in [4.78, 5) is 19.4. The predicted octanol–water partition coefficient (Wildman–Crippen LogP) is 1.66. The maximum absolute atomic E-state index is 12.5. The SMILES string of the molecule is CCCC(C(N)=S)N1CCN(C(=O)N2CCCCC2)CC1. The van der Waals surface area contributed by atoms with E-state index in [-0.39, 0.29) is 12.1 Å². The van der Waals surface area contributed by atoms with Crippen LogP contribution >= 0.6 is 12.2 Å². The van der Waals surface area contributed by atoms with Gasteiger partial charge in [-0.2, -0.15) is 0 Å². The molecule has 0 aromatic carbocycles. The van der Waals surface area contributed by atoms with Crippen LogP contribution in [0.15, 0.2) is 0 Å². The summed E-state index contributed by atoms with van der Waals surface area (Å²) in [5.41, 5.74) is 5.87. The van der Waals surface area contributed by atoms with E-state index in [1.807, 2.05) is 9.80 Å². The smallest absolute Gasteiger partial charge is 0.320 e. The lowest BCUT2D eigenvalue weighted by Gasteiger charge is -2.41. The van der Waals surface area contributed by atoms with Crippen LogP contribution in [0.5, 0.6) is 0 Å². The van der Waals surface area contributed by atoms with Crippen LogP contribution in [0.4, 0.5) is 4.79 Å². The van der Waals surface area contributed by atoms with Crippen molar-refractivity contribution in [1.82, 2.24) is 14.7 Å².